The van der Waals surface area contributed by atoms with Crippen molar-refractivity contribution in [3.8, 4) is 27.6 Å². The van der Waals surface area contributed by atoms with Crippen LogP contribution in [0.4, 0.5) is 10.3 Å². The van der Waals surface area contributed by atoms with Crippen molar-refractivity contribution in [2.45, 2.75) is 66.1 Å². The molecular formula is C38H50FN7O4S. The van der Waals surface area contributed by atoms with Crippen LogP contribution < -0.4 is 9.64 Å². The van der Waals surface area contributed by atoms with E-state index in [1.54, 1.807) is 13.0 Å². The Morgan fingerprint density at radius 2 is 1.73 bits per heavy atom. The zero-order valence-corrected chi connectivity index (χ0v) is 31.8. The summed E-state index contributed by atoms with van der Waals surface area (Å²) >= 11 is 1.37. The van der Waals surface area contributed by atoms with Crippen molar-refractivity contribution >= 4 is 34.3 Å². The highest BCUT2D eigenvalue weighted by Gasteiger charge is 2.33. The molecule has 0 bridgehead atoms. The number of halogens is 1. The van der Waals surface area contributed by atoms with Gasteiger partial charge < -0.3 is 23.7 Å². The zero-order valence-electron chi connectivity index (χ0n) is 31.0. The summed E-state index contributed by atoms with van der Waals surface area (Å²) in [6.07, 6.45) is 0.644. The van der Waals surface area contributed by atoms with Gasteiger partial charge in [-0.15, -0.1) is 0 Å². The first kappa shape index (κ1) is 35.9. The number of ketones is 1. The summed E-state index contributed by atoms with van der Waals surface area (Å²) in [6.45, 7) is 21.3. The van der Waals surface area contributed by atoms with Crippen LogP contribution in [0.1, 0.15) is 62.6 Å². The lowest BCUT2D eigenvalue weighted by atomic mass is 9.86. The lowest BCUT2D eigenvalue weighted by Crippen LogP contribution is -2.49. The summed E-state index contributed by atoms with van der Waals surface area (Å²) in [5.41, 5.74) is 5.56. The fourth-order valence-corrected chi connectivity index (χ4v) is 8.35. The van der Waals surface area contributed by atoms with E-state index in [1.165, 1.54) is 11.5 Å². The minimum Gasteiger partial charge on any atom is -0.490 e. The number of hydrogen-bond acceptors (Lipinski definition) is 11. The number of morpholine rings is 1. The SMILES string of the molecule is CC(=O)[C@@H](OC(C)(C)C)c1c(C)nc2c(cc(-c3nc(N4CCN(CCN5CCOCC5)CC4)ns3)n2C)c1-c1cc(F)c2c(c1C)CCCO2. The van der Waals surface area contributed by atoms with E-state index in [0.29, 0.717) is 29.2 Å². The average Bonchev–Trinajstić information content (AvgIpc) is 3.72. The van der Waals surface area contributed by atoms with Crippen LogP contribution in [0.15, 0.2) is 12.1 Å². The monoisotopic (exact) mass is 719 g/mol. The number of nitrogens with zero attached hydrogens (tertiary/aromatic N) is 7. The molecule has 0 amide bonds. The molecule has 13 heteroatoms. The number of ether oxygens (including phenoxy) is 3. The number of carbonyl (C=O) groups excluding carboxylic acids is 1. The van der Waals surface area contributed by atoms with Crippen LogP contribution in [0.2, 0.25) is 0 Å². The number of Topliss-reactive ketones (excluding diaryl/α,β-unsaturated/α-hetero) is 1. The van der Waals surface area contributed by atoms with Crippen LogP contribution in [0.3, 0.4) is 0 Å². The first-order chi connectivity index (χ1) is 24.4. The number of aryl methyl sites for hydroxylation is 2. The normalized spacial score (nSPS) is 18.2. The molecule has 0 radical (unpaired) electrons. The van der Waals surface area contributed by atoms with E-state index in [4.69, 9.17) is 28.6 Å². The lowest BCUT2D eigenvalue weighted by Gasteiger charge is -2.36. The molecular weight excluding hydrogens is 670 g/mol. The van der Waals surface area contributed by atoms with E-state index < -0.39 is 17.5 Å². The summed E-state index contributed by atoms with van der Waals surface area (Å²) in [5.74, 6) is 0.524. The average molecular weight is 720 g/mol. The van der Waals surface area contributed by atoms with Crippen LogP contribution in [-0.4, -0.2) is 112 Å². The summed E-state index contributed by atoms with van der Waals surface area (Å²) in [6, 6.07) is 3.62. The molecule has 6 heterocycles. The Hall–Kier alpha value is -3.49. The highest BCUT2D eigenvalue weighted by atomic mass is 32.1. The molecule has 11 nitrogen and oxygen atoms in total. The standard InChI is InChI=1S/C38H50FN7O4S/c1-23-26-9-8-18-49-34(26)29(39)21-27(23)32-28-22-30(43(7)35(28)40-24(2)31(32)33(25(3)47)50-38(4,5)6)36-41-37(42-51-36)46-14-12-44(13-15-46)10-11-45-16-19-48-20-17-45/h21-22,33H,8-20H2,1-7H3/t33-/m1/s1. The molecule has 51 heavy (non-hydrogen) atoms. The number of aromatic nitrogens is 4. The molecule has 2 saturated heterocycles. The van der Waals surface area contributed by atoms with Crippen molar-refractivity contribution in [2.24, 2.45) is 7.05 Å². The Morgan fingerprint density at radius 1 is 1.02 bits per heavy atom. The van der Waals surface area contributed by atoms with Crippen molar-refractivity contribution in [3.05, 3.63) is 40.3 Å². The molecule has 0 spiro atoms. The summed E-state index contributed by atoms with van der Waals surface area (Å²) in [7, 11) is 1.98. The van der Waals surface area contributed by atoms with Gasteiger partial charge in [0.2, 0.25) is 5.95 Å². The second-order valence-corrected chi connectivity index (χ2v) is 15.8. The fraction of sp³-hybridized carbons (Fsp3) is 0.579. The van der Waals surface area contributed by atoms with Crippen LogP contribution in [0.5, 0.6) is 5.75 Å². The van der Waals surface area contributed by atoms with Gasteiger partial charge in [0.15, 0.2) is 22.4 Å². The van der Waals surface area contributed by atoms with Crippen molar-refractivity contribution in [3.63, 3.8) is 0 Å². The molecule has 2 fully saturated rings. The number of carbonyl (C=O) groups is 1. The van der Waals surface area contributed by atoms with Gasteiger partial charge in [0, 0.05) is 87.2 Å². The first-order valence-electron chi connectivity index (χ1n) is 18.1. The highest BCUT2D eigenvalue weighted by Crippen LogP contribution is 2.46. The molecule has 3 aromatic heterocycles. The topological polar surface area (TPSA) is 98.1 Å². The largest absolute Gasteiger partial charge is 0.490 e. The number of fused-ring (bicyclic) bond motifs is 2. The van der Waals surface area contributed by atoms with Gasteiger partial charge in [0.25, 0.3) is 0 Å². The molecule has 4 aromatic rings. The lowest BCUT2D eigenvalue weighted by molar-refractivity contribution is -0.138. The Kier molecular flexibility index (Phi) is 10.2. The highest BCUT2D eigenvalue weighted by molar-refractivity contribution is 7.09. The number of anilines is 1. The molecule has 0 unspecified atom stereocenters. The third kappa shape index (κ3) is 7.28. The maximum Gasteiger partial charge on any atom is 0.237 e. The van der Waals surface area contributed by atoms with Gasteiger partial charge in [-0.25, -0.2) is 9.37 Å². The van der Waals surface area contributed by atoms with E-state index in [0.717, 1.165) is 123 Å². The van der Waals surface area contributed by atoms with Crippen molar-refractivity contribution in [1.29, 1.82) is 0 Å². The van der Waals surface area contributed by atoms with Crippen molar-refractivity contribution < 1.29 is 23.4 Å². The minimum atomic E-state index is -0.893. The predicted octanol–water partition coefficient (Wildman–Crippen LogP) is 5.74. The van der Waals surface area contributed by atoms with Gasteiger partial charge in [-0.05, 0) is 89.2 Å². The Bertz CT molecular complexity index is 1920. The third-order valence-electron chi connectivity index (χ3n) is 10.3. The minimum absolute atomic E-state index is 0.138. The molecule has 3 aliphatic rings. The maximum absolute atomic E-state index is 15.9. The van der Waals surface area contributed by atoms with Gasteiger partial charge in [-0.1, -0.05) is 0 Å². The summed E-state index contributed by atoms with van der Waals surface area (Å²) < 4.78 is 40.5. The van der Waals surface area contributed by atoms with Crippen LogP contribution in [-0.2, 0) is 27.7 Å². The summed E-state index contributed by atoms with van der Waals surface area (Å²) in [5, 5.41) is 1.59. The molecule has 0 saturated carbocycles. The Balaban J connectivity index is 1.26. The number of piperazine rings is 1. The van der Waals surface area contributed by atoms with Gasteiger partial charge in [-0.2, -0.15) is 9.36 Å². The summed E-state index contributed by atoms with van der Waals surface area (Å²) in [4.78, 5) is 30.8. The molecule has 0 aliphatic carbocycles. The van der Waals surface area contributed by atoms with E-state index in [2.05, 4.69) is 20.8 Å². The molecule has 274 valence electrons. The number of hydrogen-bond donors (Lipinski definition) is 0. The molecule has 1 aromatic carbocycles. The van der Waals surface area contributed by atoms with Gasteiger partial charge in [0.1, 0.15) is 11.8 Å². The van der Waals surface area contributed by atoms with Crippen LogP contribution in [0.25, 0.3) is 32.9 Å². The van der Waals surface area contributed by atoms with E-state index in [-0.39, 0.29) is 5.78 Å². The first-order valence-corrected chi connectivity index (χ1v) is 18.9. The Morgan fingerprint density at radius 3 is 2.41 bits per heavy atom. The number of rotatable bonds is 9. The predicted molar refractivity (Wildman–Crippen MR) is 198 cm³/mol. The molecule has 1 atom stereocenters. The maximum atomic E-state index is 15.9. The molecule has 0 N–H and O–H groups in total. The number of pyridine rings is 1. The quantitative estimate of drug-likeness (QED) is 0.213. The van der Waals surface area contributed by atoms with E-state index in [9.17, 15) is 4.79 Å². The second kappa shape index (κ2) is 14.5. The molecule has 7 rings (SSSR count). The third-order valence-corrected chi connectivity index (χ3v) is 11.1. The smallest absolute Gasteiger partial charge is 0.237 e. The fourth-order valence-electron chi connectivity index (χ4n) is 7.62. The van der Waals surface area contributed by atoms with Crippen LogP contribution in [0, 0.1) is 19.7 Å². The van der Waals surface area contributed by atoms with E-state index >= 15 is 4.39 Å². The van der Waals surface area contributed by atoms with Crippen LogP contribution >= 0.6 is 11.5 Å². The second-order valence-electron chi connectivity index (χ2n) is 15.0. The zero-order chi connectivity index (χ0) is 36.0. The van der Waals surface area contributed by atoms with Crippen molar-refractivity contribution in [2.75, 3.05) is 77.1 Å². The van der Waals surface area contributed by atoms with Gasteiger partial charge >= 0.3 is 0 Å². The Labute approximate surface area is 303 Å². The van der Waals surface area contributed by atoms with Gasteiger partial charge in [0.05, 0.1) is 31.1 Å². The van der Waals surface area contributed by atoms with Crippen molar-refractivity contribution in [1.82, 2.24) is 28.7 Å². The number of benzene rings is 1. The van der Waals surface area contributed by atoms with E-state index in [1.807, 2.05) is 46.2 Å². The molecule has 3 aliphatic heterocycles. The van der Waals surface area contributed by atoms with Gasteiger partial charge in [-0.3, -0.25) is 14.6 Å².